The predicted molar refractivity (Wildman–Crippen MR) is 129 cm³/mol. The van der Waals surface area contributed by atoms with Crippen molar-refractivity contribution in [1.82, 2.24) is 14.9 Å². The van der Waals surface area contributed by atoms with Crippen molar-refractivity contribution in [2.45, 2.75) is 31.8 Å². The van der Waals surface area contributed by atoms with Gasteiger partial charge in [0.25, 0.3) is 5.56 Å². The molecule has 1 fully saturated rings. The maximum Gasteiger partial charge on any atom is 0.252 e. The van der Waals surface area contributed by atoms with E-state index in [-0.39, 0.29) is 29.8 Å². The standard InChI is InChI=1S/C27H27FN4O2/c1-18-11-12-25(34-18)22-17-32(15-19-7-3-2-4-8-19)16-21(22)24-13-26(33)31-27(30-24)29-14-20-9-5-6-10-23(20)28/h2-13,21-22H,14-17H2,1H3,(H2,29,30,31,33)/t21-,22+/m0/s1. The van der Waals surface area contributed by atoms with Crippen molar-refractivity contribution in [3.05, 3.63) is 117 Å². The van der Waals surface area contributed by atoms with Crippen LogP contribution in [0.4, 0.5) is 10.3 Å². The lowest BCUT2D eigenvalue weighted by Crippen LogP contribution is -2.21. The van der Waals surface area contributed by atoms with Gasteiger partial charge in [0, 0.05) is 49.6 Å². The lowest BCUT2D eigenvalue weighted by atomic mass is 9.90. The van der Waals surface area contributed by atoms with Gasteiger partial charge in [-0.1, -0.05) is 48.5 Å². The highest BCUT2D eigenvalue weighted by molar-refractivity contribution is 5.32. The van der Waals surface area contributed by atoms with Gasteiger partial charge < -0.3 is 9.73 Å². The third kappa shape index (κ3) is 4.94. The zero-order valence-corrected chi connectivity index (χ0v) is 19.0. The number of H-pyrrole nitrogens is 1. The van der Waals surface area contributed by atoms with E-state index in [0.29, 0.717) is 17.2 Å². The maximum atomic E-state index is 14.0. The van der Waals surface area contributed by atoms with Crippen molar-refractivity contribution < 1.29 is 8.81 Å². The predicted octanol–water partition coefficient (Wildman–Crippen LogP) is 4.81. The lowest BCUT2D eigenvalue weighted by molar-refractivity contribution is 0.319. The van der Waals surface area contributed by atoms with Crippen molar-refractivity contribution in [3.8, 4) is 0 Å². The first-order valence-corrected chi connectivity index (χ1v) is 11.5. The normalized spacial score (nSPS) is 18.3. The van der Waals surface area contributed by atoms with Gasteiger partial charge in [-0.2, -0.15) is 0 Å². The summed E-state index contributed by atoms with van der Waals surface area (Å²) in [6, 6.07) is 22.4. The van der Waals surface area contributed by atoms with E-state index in [9.17, 15) is 9.18 Å². The molecule has 0 unspecified atom stereocenters. The Morgan fingerprint density at radius 1 is 1.06 bits per heavy atom. The van der Waals surface area contributed by atoms with Crippen LogP contribution in [0.15, 0.2) is 82.0 Å². The molecule has 0 spiro atoms. The summed E-state index contributed by atoms with van der Waals surface area (Å²) in [6.45, 7) is 4.53. The first kappa shape index (κ1) is 22.1. The fourth-order valence-electron chi connectivity index (χ4n) is 4.67. The van der Waals surface area contributed by atoms with Gasteiger partial charge in [-0.3, -0.25) is 14.7 Å². The number of halogens is 1. The Kier molecular flexibility index (Phi) is 6.27. The Bertz CT molecular complexity index is 1320. The van der Waals surface area contributed by atoms with Crippen LogP contribution in [0.2, 0.25) is 0 Å². The van der Waals surface area contributed by atoms with Crippen LogP contribution in [0, 0.1) is 12.7 Å². The number of aromatic nitrogens is 2. The van der Waals surface area contributed by atoms with Crippen LogP contribution in [0.25, 0.3) is 0 Å². The zero-order valence-electron chi connectivity index (χ0n) is 19.0. The summed E-state index contributed by atoms with van der Waals surface area (Å²) in [7, 11) is 0. The molecule has 0 bridgehead atoms. The van der Waals surface area contributed by atoms with Crippen molar-refractivity contribution in [2.24, 2.45) is 0 Å². The third-order valence-electron chi connectivity index (χ3n) is 6.32. The Hall–Kier alpha value is -3.71. The fourth-order valence-corrected chi connectivity index (χ4v) is 4.67. The third-order valence-corrected chi connectivity index (χ3v) is 6.32. The topological polar surface area (TPSA) is 74.2 Å². The first-order valence-electron chi connectivity index (χ1n) is 11.5. The van der Waals surface area contributed by atoms with Gasteiger partial charge >= 0.3 is 0 Å². The molecule has 5 rings (SSSR count). The molecule has 0 saturated carbocycles. The number of furan rings is 1. The molecule has 1 saturated heterocycles. The molecule has 7 heteroatoms. The van der Waals surface area contributed by atoms with Crippen molar-refractivity contribution >= 4 is 5.95 Å². The van der Waals surface area contributed by atoms with E-state index >= 15 is 0 Å². The van der Waals surface area contributed by atoms with Crippen LogP contribution in [0.3, 0.4) is 0 Å². The number of nitrogens with zero attached hydrogens (tertiary/aromatic N) is 2. The van der Waals surface area contributed by atoms with Gasteiger partial charge in [0.1, 0.15) is 17.3 Å². The summed E-state index contributed by atoms with van der Waals surface area (Å²) >= 11 is 0. The molecule has 0 amide bonds. The Morgan fingerprint density at radius 3 is 2.59 bits per heavy atom. The van der Waals surface area contributed by atoms with Gasteiger partial charge in [0.05, 0.1) is 5.69 Å². The Balaban J connectivity index is 1.41. The minimum atomic E-state index is -0.297. The van der Waals surface area contributed by atoms with Crippen molar-refractivity contribution in [1.29, 1.82) is 0 Å². The van der Waals surface area contributed by atoms with E-state index in [1.165, 1.54) is 11.6 Å². The quantitative estimate of drug-likeness (QED) is 0.416. The highest BCUT2D eigenvalue weighted by Gasteiger charge is 2.38. The Labute approximate surface area is 197 Å². The number of hydrogen-bond donors (Lipinski definition) is 2. The molecule has 4 aromatic rings. The molecule has 2 aromatic carbocycles. The maximum absolute atomic E-state index is 14.0. The second-order valence-electron chi connectivity index (χ2n) is 8.80. The molecular weight excluding hydrogens is 431 g/mol. The van der Waals surface area contributed by atoms with E-state index in [1.54, 1.807) is 24.3 Å². The second-order valence-corrected chi connectivity index (χ2v) is 8.80. The van der Waals surface area contributed by atoms with Crippen molar-refractivity contribution in [2.75, 3.05) is 18.4 Å². The molecule has 1 aliphatic heterocycles. The summed E-state index contributed by atoms with van der Waals surface area (Å²) in [5.41, 5.74) is 2.21. The van der Waals surface area contributed by atoms with E-state index in [1.807, 2.05) is 37.3 Å². The van der Waals surface area contributed by atoms with E-state index in [4.69, 9.17) is 9.40 Å². The van der Waals surface area contributed by atoms with E-state index in [2.05, 4.69) is 27.3 Å². The van der Waals surface area contributed by atoms with Crippen LogP contribution in [0.5, 0.6) is 0 Å². The minimum Gasteiger partial charge on any atom is -0.466 e. The first-order chi connectivity index (χ1) is 16.5. The number of hydrogen-bond acceptors (Lipinski definition) is 5. The number of likely N-dealkylation sites (tertiary alicyclic amines) is 1. The SMILES string of the molecule is Cc1ccc([C@@H]2CN(Cc3ccccc3)C[C@@H]2c2cc(=O)[nH]c(NCc3ccccc3F)n2)o1. The van der Waals surface area contributed by atoms with E-state index < -0.39 is 0 Å². The number of rotatable bonds is 7. The second kappa shape index (κ2) is 9.65. The summed E-state index contributed by atoms with van der Waals surface area (Å²) in [4.78, 5) is 22.4. The largest absolute Gasteiger partial charge is 0.466 e. The molecule has 2 aromatic heterocycles. The zero-order chi connectivity index (χ0) is 23.5. The van der Waals surface area contributed by atoms with Crippen LogP contribution < -0.4 is 10.9 Å². The molecule has 1 aliphatic rings. The summed E-state index contributed by atoms with van der Waals surface area (Å²) in [5, 5.41) is 3.07. The molecule has 34 heavy (non-hydrogen) atoms. The number of nitrogens with one attached hydrogen (secondary N) is 2. The number of aryl methyl sites for hydroxylation is 1. The Morgan fingerprint density at radius 2 is 1.82 bits per heavy atom. The van der Waals surface area contributed by atoms with Gasteiger partial charge in [0.15, 0.2) is 0 Å². The summed E-state index contributed by atoms with van der Waals surface area (Å²) in [5.74, 6) is 1.87. The van der Waals surface area contributed by atoms with Crippen LogP contribution in [-0.2, 0) is 13.1 Å². The molecule has 6 nitrogen and oxygen atoms in total. The van der Waals surface area contributed by atoms with Gasteiger partial charge in [-0.25, -0.2) is 9.37 Å². The molecular formula is C27H27FN4O2. The van der Waals surface area contributed by atoms with Gasteiger partial charge in [-0.05, 0) is 30.7 Å². The molecule has 0 aliphatic carbocycles. The monoisotopic (exact) mass is 458 g/mol. The summed E-state index contributed by atoms with van der Waals surface area (Å²) < 4.78 is 20.0. The molecule has 0 radical (unpaired) electrons. The highest BCUT2D eigenvalue weighted by atomic mass is 19.1. The fraction of sp³-hybridized carbons (Fsp3) is 0.259. The molecule has 2 N–H and O–H groups in total. The van der Waals surface area contributed by atoms with Crippen LogP contribution >= 0.6 is 0 Å². The minimum absolute atomic E-state index is 0.00873. The highest BCUT2D eigenvalue weighted by Crippen LogP contribution is 2.40. The van der Waals surface area contributed by atoms with Crippen molar-refractivity contribution in [3.63, 3.8) is 0 Å². The lowest BCUT2D eigenvalue weighted by Gasteiger charge is -2.17. The molecule has 3 heterocycles. The van der Waals surface area contributed by atoms with Gasteiger partial charge in [-0.15, -0.1) is 0 Å². The van der Waals surface area contributed by atoms with Crippen LogP contribution in [0.1, 0.15) is 40.2 Å². The van der Waals surface area contributed by atoms with Crippen LogP contribution in [-0.4, -0.2) is 28.0 Å². The number of aromatic amines is 1. The number of anilines is 1. The van der Waals surface area contributed by atoms with E-state index in [0.717, 1.165) is 31.2 Å². The average molecular weight is 459 g/mol. The smallest absolute Gasteiger partial charge is 0.252 e. The molecule has 174 valence electrons. The molecule has 2 atom stereocenters. The van der Waals surface area contributed by atoms with Gasteiger partial charge in [0.2, 0.25) is 5.95 Å². The summed E-state index contributed by atoms with van der Waals surface area (Å²) in [6.07, 6.45) is 0. The average Bonchev–Trinajstić information content (AvgIpc) is 3.45. The number of benzene rings is 2.